The molecule has 3 N–H and O–H groups in total. The zero-order valence-corrected chi connectivity index (χ0v) is 11.8. The molecule has 1 fully saturated rings. The molecule has 3 heterocycles. The fraction of sp³-hybridized carbons (Fsp3) is 0.583. The van der Waals surface area contributed by atoms with Crippen LogP contribution < -0.4 is 10.6 Å². The number of H-pyrrole nitrogens is 1. The highest BCUT2D eigenvalue weighted by Crippen LogP contribution is 2.26. The van der Waals surface area contributed by atoms with E-state index in [1.807, 2.05) is 12.4 Å². The Balaban J connectivity index is 1.79. The number of rotatable bonds is 3. The summed E-state index contributed by atoms with van der Waals surface area (Å²) in [5.74, 6) is 2.15. The van der Waals surface area contributed by atoms with Crippen LogP contribution in [0.25, 0.3) is 10.7 Å². The quantitative estimate of drug-likeness (QED) is 0.887. The molecule has 1 aliphatic heterocycles. The van der Waals surface area contributed by atoms with Crippen molar-refractivity contribution in [3.05, 3.63) is 11.2 Å². The molecule has 0 bridgehead atoms. The van der Waals surface area contributed by atoms with Crippen LogP contribution in [0.1, 0.15) is 18.5 Å². The summed E-state index contributed by atoms with van der Waals surface area (Å²) in [6.07, 6.45) is 2.36. The molecule has 0 saturated carbocycles. The number of piperidine rings is 1. The number of nitrogens with two attached hydrogens (primary N) is 1. The van der Waals surface area contributed by atoms with Gasteiger partial charge in [0.2, 0.25) is 5.95 Å². The fourth-order valence-electron chi connectivity index (χ4n) is 2.46. The van der Waals surface area contributed by atoms with E-state index in [0.29, 0.717) is 5.92 Å². The summed E-state index contributed by atoms with van der Waals surface area (Å²) in [6, 6.07) is 0. The first kappa shape index (κ1) is 12.6. The maximum absolute atomic E-state index is 5.76. The number of thiazole rings is 1. The Bertz CT molecular complexity index is 548. The lowest BCUT2D eigenvalue weighted by atomic mass is 9.99. The second kappa shape index (κ2) is 5.26. The third kappa shape index (κ3) is 2.48. The number of nitrogens with zero attached hydrogens (tertiary/aromatic N) is 4. The van der Waals surface area contributed by atoms with Gasteiger partial charge >= 0.3 is 0 Å². The molecule has 1 saturated heterocycles. The van der Waals surface area contributed by atoms with E-state index in [9.17, 15) is 0 Å². The van der Waals surface area contributed by atoms with Crippen LogP contribution in [0.5, 0.6) is 0 Å². The molecule has 1 atom stereocenters. The minimum atomic E-state index is 0.556. The number of hydrogen-bond acceptors (Lipinski definition) is 6. The van der Waals surface area contributed by atoms with Crippen molar-refractivity contribution < 1.29 is 0 Å². The molecule has 2 aromatic rings. The van der Waals surface area contributed by atoms with Crippen LogP contribution in [0.15, 0.2) is 5.51 Å². The number of hydrogen-bond donors (Lipinski definition) is 2. The summed E-state index contributed by atoms with van der Waals surface area (Å²) in [7, 11) is 0. The van der Waals surface area contributed by atoms with Crippen molar-refractivity contribution in [1.82, 2.24) is 20.2 Å². The predicted molar refractivity (Wildman–Crippen MR) is 76.2 cm³/mol. The summed E-state index contributed by atoms with van der Waals surface area (Å²) in [4.78, 5) is 12.1. The maximum atomic E-state index is 5.76. The van der Waals surface area contributed by atoms with Crippen molar-refractivity contribution in [2.45, 2.75) is 19.8 Å². The van der Waals surface area contributed by atoms with Gasteiger partial charge in [-0.3, -0.25) is 5.10 Å². The van der Waals surface area contributed by atoms with Crippen LogP contribution in [-0.2, 0) is 0 Å². The Morgan fingerprint density at radius 3 is 3.21 bits per heavy atom. The van der Waals surface area contributed by atoms with Gasteiger partial charge in [0.15, 0.2) is 5.82 Å². The molecule has 3 rings (SSSR count). The highest BCUT2D eigenvalue weighted by atomic mass is 32.1. The van der Waals surface area contributed by atoms with Crippen LogP contribution in [0.4, 0.5) is 5.95 Å². The van der Waals surface area contributed by atoms with Gasteiger partial charge in [0.1, 0.15) is 0 Å². The minimum Gasteiger partial charge on any atom is -0.339 e. The van der Waals surface area contributed by atoms with Gasteiger partial charge in [0, 0.05) is 13.1 Å². The number of aromatic amines is 1. The van der Waals surface area contributed by atoms with Gasteiger partial charge in [0.05, 0.1) is 16.1 Å². The van der Waals surface area contributed by atoms with Gasteiger partial charge < -0.3 is 10.6 Å². The molecule has 0 amide bonds. The third-order valence-electron chi connectivity index (χ3n) is 3.57. The van der Waals surface area contributed by atoms with E-state index in [1.54, 1.807) is 11.3 Å². The third-order valence-corrected chi connectivity index (χ3v) is 4.50. The highest BCUT2D eigenvalue weighted by Gasteiger charge is 2.22. The molecule has 6 nitrogen and oxygen atoms in total. The van der Waals surface area contributed by atoms with Gasteiger partial charge in [0.25, 0.3) is 0 Å². The van der Waals surface area contributed by atoms with Crippen molar-refractivity contribution in [3.63, 3.8) is 0 Å². The summed E-state index contributed by atoms with van der Waals surface area (Å²) in [5, 5.41) is 7.35. The van der Waals surface area contributed by atoms with Gasteiger partial charge in [-0.2, -0.15) is 4.98 Å². The minimum absolute atomic E-state index is 0.556. The van der Waals surface area contributed by atoms with E-state index in [2.05, 4.69) is 25.1 Å². The number of aromatic nitrogens is 4. The topological polar surface area (TPSA) is 83.7 Å². The number of nitrogens with one attached hydrogen (secondary N) is 1. The lowest BCUT2D eigenvalue weighted by Crippen LogP contribution is -2.38. The molecule has 0 spiro atoms. The lowest BCUT2D eigenvalue weighted by molar-refractivity contribution is 0.420. The maximum Gasteiger partial charge on any atom is 0.245 e. The van der Waals surface area contributed by atoms with Crippen molar-refractivity contribution in [3.8, 4) is 10.7 Å². The van der Waals surface area contributed by atoms with Crippen LogP contribution in [0.3, 0.4) is 0 Å². The molecule has 7 heteroatoms. The Kier molecular flexibility index (Phi) is 3.48. The Labute approximate surface area is 116 Å². The van der Waals surface area contributed by atoms with Gasteiger partial charge in [-0.05, 0) is 32.2 Å². The van der Waals surface area contributed by atoms with Crippen LogP contribution in [0, 0.1) is 12.8 Å². The molecule has 2 aromatic heterocycles. The van der Waals surface area contributed by atoms with E-state index < -0.39 is 0 Å². The average molecular weight is 278 g/mol. The largest absolute Gasteiger partial charge is 0.339 e. The summed E-state index contributed by atoms with van der Waals surface area (Å²) >= 11 is 1.58. The SMILES string of the molecule is Cc1ncsc1-c1nc(N2CCCC(CN)C2)n[nH]1. The van der Waals surface area contributed by atoms with E-state index in [-0.39, 0.29) is 0 Å². The molecular weight excluding hydrogens is 260 g/mol. The van der Waals surface area contributed by atoms with E-state index in [1.165, 1.54) is 6.42 Å². The number of aryl methyl sites for hydroxylation is 1. The zero-order chi connectivity index (χ0) is 13.2. The molecule has 19 heavy (non-hydrogen) atoms. The normalized spacial score (nSPS) is 19.9. The molecular formula is C12H18N6S. The highest BCUT2D eigenvalue weighted by molar-refractivity contribution is 7.13. The summed E-state index contributed by atoms with van der Waals surface area (Å²) in [6.45, 7) is 4.69. The van der Waals surface area contributed by atoms with Crippen LogP contribution in [0.2, 0.25) is 0 Å². The second-order valence-electron chi connectivity index (χ2n) is 4.94. The van der Waals surface area contributed by atoms with Gasteiger partial charge in [-0.25, -0.2) is 4.98 Å². The first-order valence-electron chi connectivity index (χ1n) is 6.56. The van der Waals surface area contributed by atoms with Crippen molar-refractivity contribution in [1.29, 1.82) is 0 Å². The molecule has 1 unspecified atom stereocenters. The number of anilines is 1. The Morgan fingerprint density at radius 2 is 2.47 bits per heavy atom. The van der Waals surface area contributed by atoms with Gasteiger partial charge in [-0.15, -0.1) is 16.4 Å². The monoisotopic (exact) mass is 278 g/mol. The van der Waals surface area contributed by atoms with Crippen molar-refractivity contribution >= 4 is 17.3 Å². The first-order chi connectivity index (χ1) is 9.28. The average Bonchev–Trinajstić information content (AvgIpc) is 3.07. The van der Waals surface area contributed by atoms with E-state index in [0.717, 1.165) is 48.4 Å². The van der Waals surface area contributed by atoms with E-state index in [4.69, 9.17) is 5.73 Å². The van der Waals surface area contributed by atoms with Crippen LogP contribution >= 0.6 is 11.3 Å². The Morgan fingerprint density at radius 1 is 1.58 bits per heavy atom. The van der Waals surface area contributed by atoms with Crippen molar-refractivity contribution in [2.75, 3.05) is 24.5 Å². The van der Waals surface area contributed by atoms with Crippen LogP contribution in [-0.4, -0.2) is 39.8 Å². The molecule has 0 aromatic carbocycles. The van der Waals surface area contributed by atoms with E-state index >= 15 is 0 Å². The molecule has 1 aliphatic rings. The Hall–Kier alpha value is -1.47. The van der Waals surface area contributed by atoms with Gasteiger partial charge in [-0.1, -0.05) is 0 Å². The summed E-state index contributed by atoms with van der Waals surface area (Å²) < 4.78 is 0. The van der Waals surface area contributed by atoms with Crippen molar-refractivity contribution in [2.24, 2.45) is 11.7 Å². The fourth-order valence-corrected chi connectivity index (χ4v) is 3.21. The second-order valence-corrected chi connectivity index (χ2v) is 5.80. The predicted octanol–water partition coefficient (Wildman–Crippen LogP) is 1.41. The summed E-state index contributed by atoms with van der Waals surface area (Å²) in [5.41, 5.74) is 8.59. The molecule has 0 aliphatic carbocycles. The molecule has 0 radical (unpaired) electrons. The molecule has 102 valence electrons. The lowest BCUT2D eigenvalue weighted by Gasteiger charge is -2.31. The first-order valence-corrected chi connectivity index (χ1v) is 7.43. The smallest absolute Gasteiger partial charge is 0.245 e. The standard InChI is InChI=1S/C12H18N6S/c1-8-10(19-7-14-8)11-15-12(17-16-11)18-4-2-3-9(5-13)6-18/h7,9H,2-6,13H2,1H3,(H,15,16,17). The zero-order valence-electron chi connectivity index (χ0n) is 11.0.